The smallest absolute Gasteiger partial charge is 0.422 e. The first-order valence-electron chi connectivity index (χ1n) is 9.96. The number of benzene rings is 1. The van der Waals surface area contributed by atoms with Crippen LogP contribution in [0.3, 0.4) is 0 Å². The molecule has 1 unspecified atom stereocenters. The minimum Gasteiger partial charge on any atom is -0.422 e. The fraction of sp³-hybridized carbons (Fsp3) is 0.609. The molecule has 1 aromatic rings. The molecule has 0 aliphatic heterocycles. The van der Waals surface area contributed by atoms with Gasteiger partial charge < -0.3 is 26.3 Å². The Bertz CT molecular complexity index is 661. The molecule has 0 heterocycles. The molecule has 166 valence electrons. The van der Waals surface area contributed by atoms with Crippen molar-refractivity contribution in [3.8, 4) is 11.5 Å². The van der Waals surface area contributed by atoms with E-state index in [4.69, 9.17) is 9.47 Å². The average molecular weight is 416 g/mol. The van der Waals surface area contributed by atoms with Gasteiger partial charge in [-0.05, 0) is 66.3 Å². The largest absolute Gasteiger partial charge is 1.00 e. The average Bonchev–Trinajstić information content (AvgIpc) is 2.61. The molecular formula is C23H38LiNO5. The second-order valence-corrected chi connectivity index (χ2v) is 8.88. The Morgan fingerprint density at radius 1 is 1.03 bits per heavy atom. The van der Waals surface area contributed by atoms with Gasteiger partial charge in [0.25, 0.3) is 0 Å². The number of carbonyl (C=O) groups is 2. The van der Waals surface area contributed by atoms with Crippen molar-refractivity contribution in [3.63, 3.8) is 0 Å². The van der Waals surface area contributed by atoms with Gasteiger partial charge in [-0.1, -0.05) is 13.0 Å². The molecule has 1 atom stereocenters. The second-order valence-electron chi connectivity index (χ2n) is 8.88. The van der Waals surface area contributed by atoms with Gasteiger partial charge in [0, 0.05) is 6.54 Å². The minimum absolute atomic E-state index is 0. The van der Waals surface area contributed by atoms with Crippen LogP contribution in [0.15, 0.2) is 18.2 Å². The van der Waals surface area contributed by atoms with Gasteiger partial charge in [-0.2, -0.15) is 13.3 Å². The summed E-state index contributed by atoms with van der Waals surface area (Å²) in [6.45, 7) is 14.9. The predicted molar refractivity (Wildman–Crippen MR) is 116 cm³/mol. The summed E-state index contributed by atoms with van der Waals surface area (Å²) in [7, 11) is 1.73. The Morgan fingerprint density at radius 2 is 1.47 bits per heavy atom. The van der Waals surface area contributed by atoms with Crippen LogP contribution < -0.4 is 33.7 Å². The number of aliphatic hydroxyl groups excluding tert-OH is 1. The Kier molecular flexibility index (Phi) is 14.3. The molecule has 2 N–H and O–H groups in total. The van der Waals surface area contributed by atoms with Crippen molar-refractivity contribution in [2.75, 3.05) is 13.6 Å². The Balaban J connectivity index is 0. The van der Waals surface area contributed by atoms with Crippen molar-refractivity contribution in [2.45, 2.75) is 67.9 Å². The van der Waals surface area contributed by atoms with Gasteiger partial charge >= 0.3 is 30.8 Å². The van der Waals surface area contributed by atoms with E-state index in [0.29, 0.717) is 12.1 Å². The number of unbranched alkanes of at least 4 members (excludes halogenated alkanes) is 1. The number of carbonyl (C=O) groups excluding carboxylic acids is 2. The van der Waals surface area contributed by atoms with Crippen LogP contribution in [-0.2, 0) is 9.59 Å². The molecule has 0 saturated carbocycles. The van der Waals surface area contributed by atoms with Gasteiger partial charge in [-0.3, -0.25) is 9.59 Å². The monoisotopic (exact) mass is 415 g/mol. The van der Waals surface area contributed by atoms with E-state index in [2.05, 4.69) is 25.6 Å². The van der Waals surface area contributed by atoms with Crippen LogP contribution in [-0.4, -0.2) is 30.6 Å². The number of ether oxygens (including phenoxy) is 2. The van der Waals surface area contributed by atoms with E-state index in [1.807, 2.05) is 0 Å². The van der Waals surface area contributed by atoms with Gasteiger partial charge in [0.2, 0.25) is 0 Å². The van der Waals surface area contributed by atoms with Crippen molar-refractivity contribution in [2.24, 2.45) is 10.8 Å². The first-order valence-corrected chi connectivity index (χ1v) is 9.96. The number of rotatable bonds is 6. The Hall–Kier alpha value is -1.32. The van der Waals surface area contributed by atoms with E-state index in [0.717, 1.165) is 0 Å². The quantitative estimate of drug-likeness (QED) is 0.317. The zero-order chi connectivity index (χ0) is 22.8. The number of aliphatic hydroxyl groups is 1. The van der Waals surface area contributed by atoms with E-state index in [1.165, 1.54) is 18.6 Å². The number of nitrogens with one attached hydrogen (secondary N) is 1. The van der Waals surface area contributed by atoms with Crippen LogP contribution in [0, 0.1) is 17.3 Å². The number of hydrogen-bond donors (Lipinski definition) is 2. The van der Waals surface area contributed by atoms with Gasteiger partial charge in [0.15, 0.2) is 11.5 Å². The molecule has 0 bridgehead atoms. The summed E-state index contributed by atoms with van der Waals surface area (Å²) in [5, 5.41) is 13.0. The van der Waals surface area contributed by atoms with Gasteiger partial charge in [0.1, 0.15) is 0 Å². The van der Waals surface area contributed by atoms with Crippen molar-refractivity contribution >= 4 is 11.9 Å². The maximum atomic E-state index is 12.2. The fourth-order valence-corrected chi connectivity index (χ4v) is 1.71. The van der Waals surface area contributed by atoms with Crippen molar-refractivity contribution in [3.05, 3.63) is 30.2 Å². The van der Waals surface area contributed by atoms with E-state index in [9.17, 15) is 14.7 Å². The van der Waals surface area contributed by atoms with Crippen molar-refractivity contribution < 1.29 is 43.0 Å². The topological polar surface area (TPSA) is 84.9 Å². The molecule has 0 fully saturated rings. The van der Waals surface area contributed by atoms with Crippen LogP contribution in [0.1, 0.15) is 73.5 Å². The SMILES string of the molecule is CNCC(O)c1ccc(OC(=O)C(C)(C)C)c(OC(=O)C(C)(C)C)c1.C[CH-]CC.[Li+]. The summed E-state index contributed by atoms with van der Waals surface area (Å²) < 4.78 is 10.8. The third kappa shape index (κ3) is 11.2. The maximum Gasteiger partial charge on any atom is 1.00 e. The van der Waals surface area contributed by atoms with Crippen LogP contribution in [0.2, 0.25) is 0 Å². The molecule has 0 spiro atoms. The standard InChI is InChI=1S/C19H29NO5.C4H9.Li/c1-18(2,3)16(22)24-14-9-8-12(13(21)11-20-7)10-15(14)25-17(23)19(4,5)6;1-3-4-2;/h8-10,13,20-21H,11H2,1-7H3;3H,4H2,1-2H3;/q;-1;+1. The fourth-order valence-electron chi connectivity index (χ4n) is 1.71. The van der Waals surface area contributed by atoms with Gasteiger partial charge in [0.05, 0.1) is 16.9 Å². The summed E-state index contributed by atoms with van der Waals surface area (Å²) in [5.74, 6) is -0.631. The van der Waals surface area contributed by atoms with Gasteiger partial charge in [-0.15, -0.1) is 0 Å². The molecule has 1 rings (SSSR count). The van der Waals surface area contributed by atoms with Crippen LogP contribution in [0.25, 0.3) is 0 Å². The Labute approximate surface area is 194 Å². The zero-order valence-corrected chi connectivity index (χ0v) is 20.4. The molecule has 30 heavy (non-hydrogen) atoms. The van der Waals surface area contributed by atoms with E-state index < -0.39 is 28.9 Å². The van der Waals surface area contributed by atoms with Crippen molar-refractivity contribution in [1.82, 2.24) is 5.32 Å². The molecular weight excluding hydrogens is 377 g/mol. The summed E-state index contributed by atoms with van der Waals surface area (Å²) in [6, 6.07) is 4.70. The number of hydrogen-bond acceptors (Lipinski definition) is 6. The first kappa shape index (κ1) is 30.9. The summed E-state index contributed by atoms with van der Waals surface area (Å²) in [6.07, 6.45) is 2.55. The molecule has 0 saturated heterocycles. The summed E-state index contributed by atoms with van der Waals surface area (Å²) in [5.41, 5.74) is -0.859. The predicted octanol–water partition coefficient (Wildman–Crippen LogP) is 1.47. The molecule has 7 heteroatoms. The third-order valence-electron chi connectivity index (χ3n) is 3.79. The third-order valence-corrected chi connectivity index (χ3v) is 3.79. The summed E-state index contributed by atoms with van der Waals surface area (Å²) >= 11 is 0. The van der Waals surface area contributed by atoms with Crippen molar-refractivity contribution in [1.29, 1.82) is 0 Å². The van der Waals surface area contributed by atoms with E-state index in [1.54, 1.807) is 54.7 Å². The molecule has 1 aromatic carbocycles. The molecule has 0 radical (unpaired) electrons. The first-order chi connectivity index (χ1) is 13.3. The number of likely N-dealkylation sites (N-methyl/N-ethyl adjacent to an activating group) is 1. The Morgan fingerprint density at radius 3 is 1.83 bits per heavy atom. The molecule has 0 aromatic heterocycles. The van der Waals surface area contributed by atoms with Gasteiger partial charge in [-0.25, -0.2) is 0 Å². The second kappa shape index (κ2) is 13.9. The maximum absolute atomic E-state index is 12.2. The zero-order valence-electron chi connectivity index (χ0n) is 20.4. The van der Waals surface area contributed by atoms with Crippen LogP contribution in [0.4, 0.5) is 0 Å². The molecule has 0 aliphatic rings. The van der Waals surface area contributed by atoms with Crippen LogP contribution in [0.5, 0.6) is 11.5 Å². The molecule has 6 nitrogen and oxygen atoms in total. The van der Waals surface area contributed by atoms with E-state index >= 15 is 0 Å². The molecule has 0 amide bonds. The summed E-state index contributed by atoms with van der Waals surface area (Å²) in [4.78, 5) is 24.4. The normalized spacial score (nSPS) is 12.1. The minimum atomic E-state index is -0.774. The van der Waals surface area contributed by atoms with E-state index in [-0.39, 0.29) is 30.4 Å². The van der Waals surface area contributed by atoms with Crippen LogP contribution >= 0.6 is 0 Å². The molecule has 0 aliphatic carbocycles. The number of esters is 2.